The third kappa shape index (κ3) is 8.48. The lowest BCUT2D eigenvalue weighted by atomic mass is 10.0. The smallest absolute Gasteiger partial charge is 0.123 e. The molecule has 0 aliphatic carbocycles. The molecule has 2 aromatic heterocycles. The summed E-state index contributed by atoms with van der Waals surface area (Å²) in [6.07, 6.45) is 17.7. The van der Waals surface area contributed by atoms with Gasteiger partial charge in [0.25, 0.3) is 0 Å². The zero-order valence-corrected chi connectivity index (χ0v) is 36.7. The summed E-state index contributed by atoms with van der Waals surface area (Å²) in [7, 11) is 0. The molecule has 0 saturated carbocycles. The Bertz CT molecular complexity index is 3420. The van der Waals surface area contributed by atoms with Gasteiger partial charge in [0, 0.05) is 67.6 Å². The zero-order valence-electron chi connectivity index (χ0n) is 36.7. The first-order valence-corrected chi connectivity index (χ1v) is 21.8. The number of para-hydroxylation sites is 3. The van der Waals surface area contributed by atoms with Crippen molar-refractivity contribution in [3.63, 3.8) is 0 Å². The highest BCUT2D eigenvalue weighted by Gasteiger charge is 2.18. The standard InChI is InChI=1S/C60H48F2N4/c1-6-7-8-16-39-63(51-35-37-59-55(40-51)53-19-12-14-21-57(53)65(59)49-31-27-46(61)28-32-49)44(4)25-23-42(2)43(3)24-26-45(5)64(48-17-10-9-11-18-48)52-36-38-60-56(41-52)54-20-13-15-22-58(54)66(60)50-33-29-47(62)30-34-50/h6-42H,1,3-5H2,2H3/b8-7-,25-23-,26-24-,39-16+. The molecule has 0 bridgehead atoms. The van der Waals surface area contributed by atoms with E-state index in [0.717, 1.165) is 89.0 Å². The van der Waals surface area contributed by atoms with Gasteiger partial charge >= 0.3 is 0 Å². The summed E-state index contributed by atoms with van der Waals surface area (Å²) in [4.78, 5) is 4.21. The van der Waals surface area contributed by atoms with Gasteiger partial charge in [0.15, 0.2) is 0 Å². The molecule has 7 aromatic carbocycles. The van der Waals surface area contributed by atoms with Crippen molar-refractivity contribution in [1.82, 2.24) is 9.13 Å². The maximum atomic E-state index is 14.0. The quantitative estimate of drug-likeness (QED) is 0.0955. The molecule has 0 amide bonds. The molecule has 0 N–H and O–H groups in total. The molecule has 0 radical (unpaired) electrons. The van der Waals surface area contributed by atoms with Gasteiger partial charge in [0.05, 0.1) is 22.1 Å². The molecule has 9 aromatic rings. The third-order valence-electron chi connectivity index (χ3n) is 11.9. The Hall–Kier alpha value is -8.48. The van der Waals surface area contributed by atoms with Crippen LogP contribution < -0.4 is 9.80 Å². The van der Waals surface area contributed by atoms with Crippen molar-refractivity contribution in [1.29, 1.82) is 0 Å². The minimum absolute atomic E-state index is 0.0347. The number of hydrogen-bond acceptors (Lipinski definition) is 2. The van der Waals surface area contributed by atoms with Crippen LogP contribution in [0.1, 0.15) is 6.92 Å². The average Bonchev–Trinajstić information content (AvgIpc) is 3.85. The lowest BCUT2D eigenvalue weighted by Gasteiger charge is -2.26. The number of rotatable bonds is 15. The van der Waals surface area contributed by atoms with Crippen molar-refractivity contribution in [3.05, 3.63) is 274 Å². The van der Waals surface area contributed by atoms with Crippen molar-refractivity contribution in [3.8, 4) is 11.4 Å². The molecule has 0 aliphatic heterocycles. The van der Waals surface area contributed by atoms with E-state index in [9.17, 15) is 8.78 Å². The predicted molar refractivity (Wildman–Crippen MR) is 276 cm³/mol. The van der Waals surface area contributed by atoms with Gasteiger partial charge in [-0.3, -0.25) is 0 Å². The third-order valence-corrected chi connectivity index (χ3v) is 11.9. The Morgan fingerprint density at radius 3 is 1.59 bits per heavy atom. The van der Waals surface area contributed by atoms with Gasteiger partial charge in [0.1, 0.15) is 11.6 Å². The SMILES string of the molecule is C=C/C=C\C=C\N(C(=C)/C=C\C(C)C(=C)/C=C\C(=C)N(c1ccccc1)c1ccc2c(c1)c1ccccc1n2-c1ccc(F)cc1)c1ccc2c(c1)c1ccccc1n2-c1ccc(F)cc1. The molecule has 0 saturated heterocycles. The van der Waals surface area contributed by atoms with Crippen LogP contribution in [0.15, 0.2) is 262 Å². The van der Waals surface area contributed by atoms with Crippen LogP contribution in [0.3, 0.4) is 0 Å². The predicted octanol–water partition coefficient (Wildman–Crippen LogP) is 16.4. The molecular weight excluding hydrogens is 815 g/mol. The van der Waals surface area contributed by atoms with E-state index in [1.807, 2.05) is 97.3 Å². The highest BCUT2D eigenvalue weighted by molar-refractivity contribution is 6.11. The topological polar surface area (TPSA) is 16.3 Å². The van der Waals surface area contributed by atoms with Crippen LogP contribution in [0, 0.1) is 17.6 Å². The first kappa shape index (κ1) is 42.8. The fourth-order valence-electron chi connectivity index (χ4n) is 8.52. The number of benzene rings is 7. The van der Waals surface area contributed by atoms with E-state index in [1.54, 1.807) is 18.2 Å². The Morgan fingerprint density at radius 2 is 1.02 bits per heavy atom. The highest BCUT2D eigenvalue weighted by Crippen LogP contribution is 2.39. The summed E-state index contributed by atoms with van der Waals surface area (Å²) >= 11 is 0. The summed E-state index contributed by atoms with van der Waals surface area (Å²) in [5.41, 5.74) is 11.2. The summed E-state index contributed by atoms with van der Waals surface area (Å²) in [6, 6.07) is 52.8. The van der Waals surface area contributed by atoms with E-state index in [1.165, 1.54) is 24.3 Å². The Morgan fingerprint density at radius 1 is 0.500 bits per heavy atom. The lowest BCUT2D eigenvalue weighted by molar-refractivity contribution is 0.627. The second-order valence-electron chi connectivity index (χ2n) is 16.1. The van der Waals surface area contributed by atoms with Gasteiger partial charge in [-0.05, 0) is 139 Å². The molecule has 0 aliphatic rings. The largest absolute Gasteiger partial charge is 0.318 e. The maximum Gasteiger partial charge on any atom is 0.123 e. The van der Waals surface area contributed by atoms with Gasteiger partial charge in [-0.1, -0.05) is 118 Å². The Balaban J connectivity index is 0.986. The number of aromatic nitrogens is 2. The number of hydrogen-bond donors (Lipinski definition) is 0. The minimum atomic E-state index is -0.272. The van der Waals surface area contributed by atoms with Gasteiger partial charge in [-0.2, -0.15) is 0 Å². The van der Waals surface area contributed by atoms with Gasteiger partial charge in [0.2, 0.25) is 0 Å². The second-order valence-corrected chi connectivity index (χ2v) is 16.1. The second kappa shape index (κ2) is 18.7. The molecule has 322 valence electrons. The Labute approximate surface area is 384 Å². The van der Waals surface area contributed by atoms with Crippen LogP contribution in [0.4, 0.5) is 25.8 Å². The molecule has 2 heterocycles. The van der Waals surface area contributed by atoms with Crippen LogP contribution in [0.5, 0.6) is 0 Å². The van der Waals surface area contributed by atoms with Crippen molar-refractivity contribution >= 4 is 60.7 Å². The van der Waals surface area contributed by atoms with Crippen molar-refractivity contribution < 1.29 is 8.78 Å². The fraction of sp³-hybridized carbons (Fsp3) is 0.0333. The number of allylic oxidation sites excluding steroid dienone is 9. The number of anilines is 3. The van der Waals surface area contributed by atoms with Crippen LogP contribution in [0.2, 0.25) is 0 Å². The van der Waals surface area contributed by atoms with Crippen LogP contribution in [0.25, 0.3) is 55.0 Å². The normalized spacial score (nSPS) is 12.4. The van der Waals surface area contributed by atoms with Crippen molar-refractivity contribution in [2.45, 2.75) is 6.92 Å². The molecule has 66 heavy (non-hydrogen) atoms. The van der Waals surface area contributed by atoms with E-state index in [2.05, 4.69) is 131 Å². The van der Waals surface area contributed by atoms with E-state index < -0.39 is 0 Å². The first-order valence-electron chi connectivity index (χ1n) is 21.8. The van der Waals surface area contributed by atoms with Crippen molar-refractivity contribution in [2.75, 3.05) is 9.80 Å². The Kier molecular flexibility index (Phi) is 12.1. The number of nitrogens with zero attached hydrogens (tertiary/aromatic N) is 4. The van der Waals surface area contributed by atoms with E-state index in [4.69, 9.17) is 0 Å². The fourth-order valence-corrected chi connectivity index (χ4v) is 8.52. The summed E-state index contributed by atoms with van der Waals surface area (Å²) in [6.45, 7) is 19.5. The zero-order chi connectivity index (χ0) is 45.7. The molecule has 4 nitrogen and oxygen atoms in total. The highest BCUT2D eigenvalue weighted by atomic mass is 19.1. The van der Waals surface area contributed by atoms with Crippen LogP contribution in [-0.4, -0.2) is 9.13 Å². The molecule has 6 heteroatoms. The molecule has 0 spiro atoms. The molecule has 9 rings (SSSR count). The number of fused-ring (bicyclic) bond motifs is 6. The summed E-state index contributed by atoms with van der Waals surface area (Å²) in [5, 5.41) is 4.33. The summed E-state index contributed by atoms with van der Waals surface area (Å²) in [5.74, 6) is -0.575. The first-order chi connectivity index (χ1) is 32.2. The van der Waals surface area contributed by atoms with Crippen LogP contribution in [-0.2, 0) is 0 Å². The lowest BCUT2D eigenvalue weighted by Crippen LogP contribution is -2.14. The molecule has 1 atom stereocenters. The number of halogens is 2. The monoisotopic (exact) mass is 862 g/mol. The van der Waals surface area contributed by atoms with Crippen LogP contribution >= 0.6 is 0 Å². The molecule has 0 fully saturated rings. The van der Waals surface area contributed by atoms with Gasteiger partial charge in [-0.15, -0.1) is 0 Å². The average molecular weight is 863 g/mol. The van der Waals surface area contributed by atoms with E-state index >= 15 is 0 Å². The molecule has 1 unspecified atom stereocenters. The van der Waals surface area contributed by atoms with E-state index in [-0.39, 0.29) is 17.6 Å². The maximum absolute atomic E-state index is 14.0. The van der Waals surface area contributed by atoms with Gasteiger partial charge in [-0.25, -0.2) is 8.78 Å². The minimum Gasteiger partial charge on any atom is -0.318 e. The molecular formula is C60H48F2N4. The van der Waals surface area contributed by atoms with E-state index in [0.29, 0.717) is 0 Å². The summed E-state index contributed by atoms with van der Waals surface area (Å²) < 4.78 is 32.3. The van der Waals surface area contributed by atoms with Gasteiger partial charge < -0.3 is 18.9 Å². The van der Waals surface area contributed by atoms with Crippen molar-refractivity contribution in [2.24, 2.45) is 5.92 Å².